The average molecular weight is 288 g/mol. The van der Waals surface area contributed by atoms with E-state index in [2.05, 4.69) is 10.2 Å². The Kier molecular flexibility index (Phi) is 3.49. The van der Waals surface area contributed by atoms with Crippen molar-refractivity contribution in [2.75, 3.05) is 0 Å². The lowest BCUT2D eigenvalue weighted by Crippen LogP contribution is -2.30. The molecule has 0 atom stereocenters. The minimum absolute atomic E-state index is 0.0419. The van der Waals surface area contributed by atoms with Gasteiger partial charge in [-0.3, -0.25) is 14.9 Å². The number of aromatic nitrogens is 4. The summed E-state index contributed by atoms with van der Waals surface area (Å²) < 4.78 is 40.0. The van der Waals surface area contributed by atoms with E-state index in [1.54, 1.807) is 0 Å². The molecule has 2 aromatic rings. The first-order chi connectivity index (χ1) is 9.31. The van der Waals surface area contributed by atoms with Gasteiger partial charge in [-0.05, 0) is 19.1 Å². The number of nitrogens with one attached hydrogen (secondary N) is 1. The number of amides is 1. The third kappa shape index (κ3) is 2.79. The molecule has 0 unspecified atom stereocenters. The van der Waals surface area contributed by atoms with Gasteiger partial charge in [0, 0.05) is 11.9 Å². The monoisotopic (exact) mass is 288 g/mol. The van der Waals surface area contributed by atoms with Crippen LogP contribution in [0.25, 0.3) is 0 Å². The summed E-state index contributed by atoms with van der Waals surface area (Å²) in [5, 5.41) is 7.33. The molecule has 2 rings (SSSR count). The molecule has 0 fully saturated rings. The third-order valence-electron chi connectivity index (χ3n) is 2.55. The lowest BCUT2D eigenvalue weighted by atomic mass is 10.4. The van der Waals surface area contributed by atoms with Crippen LogP contribution >= 0.6 is 0 Å². The highest BCUT2D eigenvalue weighted by Crippen LogP contribution is 2.28. The molecule has 2 heterocycles. The Morgan fingerprint density at radius 3 is 2.70 bits per heavy atom. The van der Waals surface area contributed by atoms with E-state index in [0.717, 1.165) is 10.7 Å². The Balaban J connectivity index is 2.20. The summed E-state index contributed by atoms with van der Waals surface area (Å²) >= 11 is 0. The van der Waals surface area contributed by atoms with Gasteiger partial charge in [-0.1, -0.05) is 0 Å². The lowest BCUT2D eigenvalue weighted by Gasteiger charge is -2.04. The number of carbonyl (C=O) groups excluding carboxylic acids is 1. The maximum Gasteiger partial charge on any atom is 0.435 e. The zero-order valence-electron chi connectivity index (χ0n) is 10.3. The Hall–Kier alpha value is -2.36. The summed E-state index contributed by atoms with van der Waals surface area (Å²) in [6.45, 7) is 1.46. The fourth-order valence-corrected chi connectivity index (χ4v) is 1.56. The van der Waals surface area contributed by atoms with Gasteiger partial charge < -0.3 is 0 Å². The van der Waals surface area contributed by atoms with Crippen LogP contribution in [0.15, 0.2) is 18.3 Å². The number of hydrazine groups is 1. The van der Waals surface area contributed by atoms with E-state index >= 15 is 0 Å². The second kappa shape index (κ2) is 4.96. The first kappa shape index (κ1) is 14.1. The van der Waals surface area contributed by atoms with E-state index < -0.39 is 17.8 Å². The van der Waals surface area contributed by atoms with E-state index in [1.807, 2.05) is 5.43 Å². The number of alkyl halides is 3. The highest BCUT2D eigenvalue weighted by atomic mass is 19.4. The van der Waals surface area contributed by atoms with Gasteiger partial charge in [-0.2, -0.15) is 23.4 Å². The summed E-state index contributed by atoms with van der Waals surface area (Å²) in [6.07, 6.45) is -3.05. The average Bonchev–Trinajstić information content (AvgIpc) is 2.96. The number of halogens is 3. The first-order valence-corrected chi connectivity index (χ1v) is 5.47. The quantitative estimate of drug-likeness (QED) is 0.489. The molecule has 20 heavy (non-hydrogen) atoms. The van der Waals surface area contributed by atoms with Gasteiger partial charge in [0.1, 0.15) is 6.67 Å². The van der Waals surface area contributed by atoms with E-state index in [9.17, 15) is 18.0 Å². The van der Waals surface area contributed by atoms with E-state index in [-0.39, 0.29) is 12.4 Å². The van der Waals surface area contributed by atoms with Crippen molar-refractivity contribution in [1.82, 2.24) is 25.0 Å². The molecule has 0 aliphatic heterocycles. The molecular weight excluding hydrogens is 277 g/mol. The van der Waals surface area contributed by atoms with Crippen molar-refractivity contribution in [2.24, 2.45) is 5.84 Å². The standard InChI is InChI=1S/C10H11F3N6O/c1-6-4-8(10(11,12)13)17-19(6)5-18-3-2-7(16-18)9(20)15-14/h2-4H,5,14H2,1H3,(H,15,20). The smallest absolute Gasteiger partial charge is 0.289 e. The number of carbonyl (C=O) groups is 1. The van der Waals surface area contributed by atoms with Crippen LogP contribution in [0.1, 0.15) is 21.9 Å². The van der Waals surface area contributed by atoms with E-state index in [4.69, 9.17) is 5.84 Å². The zero-order chi connectivity index (χ0) is 14.9. The molecule has 0 aliphatic carbocycles. The van der Waals surface area contributed by atoms with Crippen molar-refractivity contribution in [3.05, 3.63) is 35.4 Å². The number of hydrogen-bond donors (Lipinski definition) is 2. The van der Waals surface area contributed by atoms with Gasteiger partial charge in [-0.25, -0.2) is 10.5 Å². The van der Waals surface area contributed by atoms with E-state index in [1.165, 1.54) is 23.9 Å². The molecule has 108 valence electrons. The third-order valence-corrected chi connectivity index (χ3v) is 2.55. The van der Waals surface area contributed by atoms with Gasteiger partial charge in [0.15, 0.2) is 11.4 Å². The largest absolute Gasteiger partial charge is 0.435 e. The van der Waals surface area contributed by atoms with Crippen LogP contribution in [-0.4, -0.2) is 25.5 Å². The van der Waals surface area contributed by atoms with Gasteiger partial charge >= 0.3 is 6.18 Å². The van der Waals surface area contributed by atoms with Crippen molar-refractivity contribution in [3.63, 3.8) is 0 Å². The Morgan fingerprint density at radius 1 is 1.45 bits per heavy atom. The van der Waals surface area contributed by atoms with Gasteiger partial charge in [0.2, 0.25) is 0 Å². The molecule has 0 bridgehead atoms. The topological polar surface area (TPSA) is 90.8 Å². The van der Waals surface area contributed by atoms with Crippen LogP contribution in [0.3, 0.4) is 0 Å². The number of hydrogen-bond acceptors (Lipinski definition) is 4. The fourth-order valence-electron chi connectivity index (χ4n) is 1.56. The second-order valence-electron chi connectivity index (χ2n) is 4.02. The Labute approximate surface area is 111 Å². The van der Waals surface area contributed by atoms with Gasteiger partial charge in [-0.15, -0.1) is 0 Å². The lowest BCUT2D eigenvalue weighted by molar-refractivity contribution is -0.141. The number of nitrogens with zero attached hydrogens (tertiary/aromatic N) is 4. The molecule has 0 spiro atoms. The number of nitrogens with two attached hydrogens (primary N) is 1. The van der Waals surface area contributed by atoms with Crippen LogP contribution in [-0.2, 0) is 12.8 Å². The summed E-state index contributed by atoms with van der Waals surface area (Å²) in [6, 6.07) is 2.34. The molecule has 0 saturated heterocycles. The van der Waals surface area contributed by atoms with Crippen LogP contribution < -0.4 is 11.3 Å². The zero-order valence-corrected chi connectivity index (χ0v) is 10.3. The minimum Gasteiger partial charge on any atom is -0.289 e. The van der Waals surface area contributed by atoms with Crippen LogP contribution in [0, 0.1) is 6.92 Å². The Morgan fingerprint density at radius 2 is 2.15 bits per heavy atom. The van der Waals surface area contributed by atoms with Crippen molar-refractivity contribution < 1.29 is 18.0 Å². The number of aryl methyl sites for hydroxylation is 1. The fraction of sp³-hybridized carbons (Fsp3) is 0.300. The van der Waals surface area contributed by atoms with Crippen molar-refractivity contribution in [3.8, 4) is 0 Å². The molecule has 0 aliphatic rings. The van der Waals surface area contributed by atoms with Gasteiger partial charge in [0.05, 0.1) is 0 Å². The molecule has 1 amide bonds. The Bertz CT molecular complexity index is 629. The summed E-state index contributed by atoms with van der Waals surface area (Å²) in [7, 11) is 0. The molecule has 0 aromatic carbocycles. The van der Waals surface area contributed by atoms with Gasteiger partial charge in [0.25, 0.3) is 5.91 Å². The van der Waals surface area contributed by atoms with Crippen molar-refractivity contribution in [2.45, 2.75) is 19.8 Å². The SMILES string of the molecule is Cc1cc(C(F)(F)F)nn1Cn1ccc(C(=O)NN)n1. The van der Waals surface area contributed by atoms with Crippen LogP contribution in [0.2, 0.25) is 0 Å². The summed E-state index contributed by atoms with van der Waals surface area (Å²) in [4.78, 5) is 11.2. The molecule has 3 N–H and O–H groups in total. The predicted octanol–water partition coefficient (Wildman–Crippen LogP) is 0.516. The molecule has 0 saturated carbocycles. The highest BCUT2D eigenvalue weighted by molar-refractivity contribution is 5.91. The van der Waals surface area contributed by atoms with Crippen molar-refractivity contribution >= 4 is 5.91 Å². The molecule has 0 radical (unpaired) electrons. The predicted molar refractivity (Wildman–Crippen MR) is 61.2 cm³/mol. The first-order valence-electron chi connectivity index (χ1n) is 5.47. The maximum atomic E-state index is 12.5. The van der Waals surface area contributed by atoms with Crippen molar-refractivity contribution in [1.29, 1.82) is 0 Å². The molecule has 2 aromatic heterocycles. The molecular formula is C10H11F3N6O. The van der Waals surface area contributed by atoms with E-state index in [0.29, 0.717) is 5.69 Å². The van der Waals surface area contributed by atoms with Crippen LogP contribution in [0.4, 0.5) is 13.2 Å². The summed E-state index contributed by atoms with van der Waals surface area (Å²) in [5.41, 5.74) is 1.33. The minimum atomic E-state index is -4.50. The highest BCUT2D eigenvalue weighted by Gasteiger charge is 2.34. The normalized spacial score (nSPS) is 11.7. The molecule has 7 nitrogen and oxygen atoms in total. The summed E-state index contributed by atoms with van der Waals surface area (Å²) in [5.74, 6) is 4.36. The molecule has 10 heteroatoms. The van der Waals surface area contributed by atoms with Crippen LogP contribution in [0.5, 0.6) is 0 Å². The number of rotatable bonds is 3. The second-order valence-corrected chi connectivity index (χ2v) is 4.02. The maximum absolute atomic E-state index is 12.5. The number of nitrogen functional groups attached to an aromatic ring is 1.